The number of hydrogen-bond donors (Lipinski definition) is 1. The monoisotopic (exact) mass is 452 g/mol. The molecule has 1 aliphatic carbocycles. The molecule has 3 aromatic carbocycles. The van der Waals surface area contributed by atoms with E-state index in [1.165, 1.54) is 35.1 Å². The Morgan fingerprint density at radius 3 is 2.44 bits per heavy atom. The van der Waals surface area contributed by atoms with Gasteiger partial charge in [0, 0.05) is 18.2 Å². The lowest BCUT2D eigenvalue weighted by Gasteiger charge is -2.15. The zero-order valence-electron chi connectivity index (χ0n) is 19.6. The molecular weight excluding hydrogens is 424 g/mol. The van der Waals surface area contributed by atoms with Gasteiger partial charge in [-0.25, -0.2) is 0 Å². The van der Waals surface area contributed by atoms with Crippen molar-refractivity contribution in [2.24, 2.45) is 0 Å². The molecule has 0 aliphatic heterocycles. The van der Waals surface area contributed by atoms with Gasteiger partial charge in [-0.3, -0.25) is 4.79 Å². The average molecular weight is 453 g/mol. The van der Waals surface area contributed by atoms with Gasteiger partial charge in [0.25, 0.3) is 5.91 Å². The van der Waals surface area contributed by atoms with E-state index < -0.39 is 0 Å². The standard InChI is InChI=1S/C29H28N2O3/c1-19-7-12-26(15-20(19)2)33-25-13-8-21(9-14-25)18-30-29(32)27-17-28(34-31-27)24-11-10-22-5-3-4-6-23(22)16-24/h7-17H,3-6,18H2,1-2H3,(H,30,32). The molecule has 1 N–H and O–H groups in total. The molecule has 0 spiro atoms. The van der Waals surface area contributed by atoms with Crippen LogP contribution in [0.1, 0.15) is 51.1 Å². The highest BCUT2D eigenvalue weighted by atomic mass is 16.5. The number of nitrogens with zero attached hydrogens (tertiary/aromatic N) is 1. The number of ether oxygens (including phenoxy) is 1. The van der Waals surface area contributed by atoms with Crippen LogP contribution in [0.2, 0.25) is 0 Å². The molecule has 0 saturated carbocycles. The number of carbonyl (C=O) groups is 1. The van der Waals surface area contributed by atoms with E-state index in [1.54, 1.807) is 6.07 Å². The Morgan fingerprint density at radius 1 is 0.882 bits per heavy atom. The number of aryl methyl sites for hydroxylation is 4. The highest BCUT2D eigenvalue weighted by Crippen LogP contribution is 2.28. The molecule has 0 radical (unpaired) electrons. The number of fused-ring (bicyclic) bond motifs is 1. The first-order valence-electron chi connectivity index (χ1n) is 11.8. The van der Waals surface area contributed by atoms with Gasteiger partial charge >= 0.3 is 0 Å². The third-order valence-corrected chi connectivity index (χ3v) is 6.47. The summed E-state index contributed by atoms with van der Waals surface area (Å²) in [5.41, 5.74) is 7.43. The Hall–Kier alpha value is -3.86. The fourth-order valence-electron chi connectivity index (χ4n) is 4.27. The van der Waals surface area contributed by atoms with Crippen LogP contribution in [0.5, 0.6) is 11.5 Å². The van der Waals surface area contributed by atoms with E-state index in [0.717, 1.165) is 35.5 Å². The SMILES string of the molecule is Cc1ccc(Oc2ccc(CNC(=O)c3cc(-c4ccc5c(c4)CCCC5)on3)cc2)cc1C. The van der Waals surface area contributed by atoms with E-state index in [1.807, 2.05) is 42.5 Å². The van der Waals surface area contributed by atoms with E-state index in [2.05, 4.69) is 42.5 Å². The van der Waals surface area contributed by atoms with Crippen molar-refractivity contribution in [1.82, 2.24) is 10.5 Å². The fraction of sp³-hybridized carbons (Fsp3) is 0.241. The number of rotatable bonds is 6. The summed E-state index contributed by atoms with van der Waals surface area (Å²) in [4.78, 5) is 12.6. The van der Waals surface area contributed by atoms with Crippen molar-refractivity contribution in [3.05, 3.63) is 100 Å². The van der Waals surface area contributed by atoms with Gasteiger partial charge in [0.2, 0.25) is 0 Å². The van der Waals surface area contributed by atoms with Crippen molar-refractivity contribution < 1.29 is 14.1 Å². The summed E-state index contributed by atoms with van der Waals surface area (Å²) in [5.74, 6) is 1.92. The molecule has 0 fully saturated rings. The Morgan fingerprint density at radius 2 is 1.65 bits per heavy atom. The van der Waals surface area contributed by atoms with Crippen LogP contribution in [0.4, 0.5) is 0 Å². The molecule has 5 rings (SSSR count). The van der Waals surface area contributed by atoms with Crippen LogP contribution in [-0.2, 0) is 19.4 Å². The second kappa shape index (κ2) is 9.56. The lowest BCUT2D eigenvalue weighted by atomic mass is 9.90. The summed E-state index contributed by atoms with van der Waals surface area (Å²) in [7, 11) is 0. The minimum atomic E-state index is -0.261. The van der Waals surface area contributed by atoms with Crippen molar-refractivity contribution in [3.8, 4) is 22.8 Å². The van der Waals surface area contributed by atoms with Gasteiger partial charge in [0.05, 0.1) is 0 Å². The molecular formula is C29H28N2O3. The minimum Gasteiger partial charge on any atom is -0.457 e. The van der Waals surface area contributed by atoms with Gasteiger partial charge in [-0.05, 0) is 97.7 Å². The van der Waals surface area contributed by atoms with Gasteiger partial charge < -0.3 is 14.6 Å². The minimum absolute atomic E-state index is 0.261. The largest absolute Gasteiger partial charge is 0.457 e. The second-order valence-electron chi connectivity index (χ2n) is 8.94. The smallest absolute Gasteiger partial charge is 0.273 e. The highest BCUT2D eigenvalue weighted by molar-refractivity contribution is 5.93. The van der Waals surface area contributed by atoms with Crippen LogP contribution in [0.25, 0.3) is 11.3 Å². The molecule has 5 heteroatoms. The van der Waals surface area contributed by atoms with Crippen molar-refractivity contribution in [2.75, 3.05) is 0 Å². The van der Waals surface area contributed by atoms with Crippen LogP contribution in [-0.4, -0.2) is 11.1 Å². The number of benzene rings is 3. The maximum atomic E-state index is 12.6. The van der Waals surface area contributed by atoms with Crippen LogP contribution < -0.4 is 10.1 Å². The molecule has 172 valence electrons. The summed E-state index contributed by atoms with van der Waals surface area (Å²) in [5, 5.41) is 6.89. The molecule has 1 aliphatic rings. The zero-order chi connectivity index (χ0) is 23.5. The summed E-state index contributed by atoms with van der Waals surface area (Å²) < 4.78 is 11.4. The fourth-order valence-corrected chi connectivity index (χ4v) is 4.27. The third-order valence-electron chi connectivity index (χ3n) is 6.47. The molecule has 0 atom stereocenters. The Balaban J connectivity index is 1.18. The van der Waals surface area contributed by atoms with E-state index in [-0.39, 0.29) is 11.6 Å². The number of hydrogen-bond acceptors (Lipinski definition) is 4. The maximum absolute atomic E-state index is 12.6. The molecule has 1 aromatic heterocycles. The van der Waals surface area contributed by atoms with Gasteiger partial charge in [-0.15, -0.1) is 0 Å². The lowest BCUT2D eigenvalue weighted by molar-refractivity contribution is 0.0942. The van der Waals surface area contributed by atoms with Gasteiger partial charge in [-0.1, -0.05) is 35.5 Å². The van der Waals surface area contributed by atoms with E-state index >= 15 is 0 Å². The van der Waals surface area contributed by atoms with Crippen LogP contribution >= 0.6 is 0 Å². The molecule has 1 heterocycles. The van der Waals surface area contributed by atoms with Crippen LogP contribution in [0.15, 0.2) is 71.3 Å². The van der Waals surface area contributed by atoms with Crippen molar-refractivity contribution in [2.45, 2.75) is 46.1 Å². The van der Waals surface area contributed by atoms with E-state index in [4.69, 9.17) is 9.26 Å². The Labute approximate surface area is 199 Å². The van der Waals surface area contributed by atoms with Gasteiger partial charge in [-0.2, -0.15) is 0 Å². The first kappa shape index (κ1) is 22.0. The van der Waals surface area contributed by atoms with E-state index in [0.29, 0.717) is 12.3 Å². The van der Waals surface area contributed by atoms with Crippen LogP contribution in [0.3, 0.4) is 0 Å². The maximum Gasteiger partial charge on any atom is 0.273 e. The highest BCUT2D eigenvalue weighted by Gasteiger charge is 2.16. The predicted molar refractivity (Wildman–Crippen MR) is 132 cm³/mol. The number of aromatic nitrogens is 1. The predicted octanol–water partition coefficient (Wildman–Crippen LogP) is 6.56. The average Bonchev–Trinajstić information content (AvgIpc) is 3.36. The Bertz CT molecular complexity index is 1320. The molecule has 0 bridgehead atoms. The Kier molecular flexibility index (Phi) is 6.17. The number of carbonyl (C=O) groups excluding carboxylic acids is 1. The molecule has 0 unspecified atom stereocenters. The number of amides is 1. The summed E-state index contributed by atoms with van der Waals surface area (Å²) in [6.07, 6.45) is 4.71. The van der Waals surface area contributed by atoms with Gasteiger partial charge in [0.15, 0.2) is 11.5 Å². The van der Waals surface area contributed by atoms with Crippen molar-refractivity contribution in [3.63, 3.8) is 0 Å². The molecule has 4 aromatic rings. The zero-order valence-corrected chi connectivity index (χ0v) is 19.6. The molecule has 5 nitrogen and oxygen atoms in total. The quantitative estimate of drug-likeness (QED) is 0.360. The van der Waals surface area contributed by atoms with Crippen molar-refractivity contribution in [1.29, 1.82) is 0 Å². The topological polar surface area (TPSA) is 64.4 Å². The first-order valence-corrected chi connectivity index (χ1v) is 11.8. The molecule has 1 amide bonds. The van der Waals surface area contributed by atoms with Crippen molar-refractivity contribution >= 4 is 5.91 Å². The molecule has 34 heavy (non-hydrogen) atoms. The number of nitrogens with one attached hydrogen (secondary N) is 1. The first-order chi connectivity index (χ1) is 16.5. The van der Waals surface area contributed by atoms with E-state index in [9.17, 15) is 4.79 Å². The lowest BCUT2D eigenvalue weighted by Crippen LogP contribution is -2.22. The summed E-state index contributed by atoms with van der Waals surface area (Å²) >= 11 is 0. The second-order valence-corrected chi connectivity index (χ2v) is 8.94. The third kappa shape index (κ3) is 4.88. The van der Waals surface area contributed by atoms with Crippen LogP contribution in [0, 0.1) is 13.8 Å². The van der Waals surface area contributed by atoms with Gasteiger partial charge in [0.1, 0.15) is 11.5 Å². The molecule has 0 saturated heterocycles. The summed E-state index contributed by atoms with van der Waals surface area (Å²) in [6.45, 7) is 4.54. The summed E-state index contributed by atoms with van der Waals surface area (Å²) in [6, 6.07) is 21.8. The normalized spacial score (nSPS) is 12.8.